The minimum atomic E-state index is -1.75. The van der Waals surface area contributed by atoms with Crippen molar-refractivity contribution in [2.45, 2.75) is 0 Å². The number of hydrogen-bond acceptors (Lipinski definition) is 10. The van der Waals surface area contributed by atoms with E-state index in [0.717, 1.165) is 65.4 Å². The first-order chi connectivity index (χ1) is 11.0. The molecule has 1 heterocycles. The third-order valence-electron chi connectivity index (χ3n) is 2.39. The van der Waals surface area contributed by atoms with Crippen LogP contribution < -0.4 is 26.6 Å². The molecule has 6 N–H and O–H groups in total. The summed E-state index contributed by atoms with van der Waals surface area (Å²) in [6, 6.07) is 0. The monoisotopic (exact) mass is 395 g/mol. The quantitative estimate of drug-likeness (QED) is 0.143. The van der Waals surface area contributed by atoms with Gasteiger partial charge in [0.05, 0.1) is 5.09 Å². The molecule has 14 heteroatoms. The summed E-state index contributed by atoms with van der Waals surface area (Å²) in [5.41, 5.74) is 0. The maximum Gasteiger partial charge on any atom is 0.291 e. The van der Waals surface area contributed by atoms with Crippen molar-refractivity contribution >= 4 is 0 Å². The minimum Gasteiger partial charge on any atom is -0.356 e. The normalized spacial score (nSPS) is 17.0. The van der Waals surface area contributed by atoms with Crippen LogP contribution in [0.4, 0.5) is 0 Å². The molecular formula is C10H26MnN7O6-. The van der Waals surface area contributed by atoms with E-state index in [1.807, 2.05) is 0 Å². The molecule has 0 spiro atoms. The Bertz CT molecular complexity index is 212. The van der Waals surface area contributed by atoms with Gasteiger partial charge in [-0.3, -0.25) is 0 Å². The maximum atomic E-state index is 8.36. The summed E-state index contributed by atoms with van der Waals surface area (Å²) in [6.07, 6.45) is 0. The zero-order valence-electron chi connectivity index (χ0n) is 13.3. The smallest absolute Gasteiger partial charge is 0.291 e. The third kappa shape index (κ3) is 42.8. The molecule has 1 saturated heterocycles. The van der Waals surface area contributed by atoms with E-state index in [1.54, 1.807) is 0 Å². The van der Waals surface area contributed by atoms with Crippen molar-refractivity contribution in [1.82, 2.24) is 26.6 Å². The molecule has 1 fully saturated rings. The van der Waals surface area contributed by atoms with Crippen LogP contribution in [0.15, 0.2) is 0 Å². The van der Waals surface area contributed by atoms with Gasteiger partial charge >= 0.3 is 0 Å². The number of hydrogen-bond donors (Lipinski definition) is 6. The molecule has 24 heavy (non-hydrogen) atoms. The van der Waals surface area contributed by atoms with Gasteiger partial charge in [-0.25, -0.2) is 0 Å². The van der Waals surface area contributed by atoms with Gasteiger partial charge in [-0.05, 0) is 0 Å². The maximum absolute atomic E-state index is 8.36. The summed E-state index contributed by atoms with van der Waals surface area (Å²) in [7, 11) is 0. The Morgan fingerprint density at radius 3 is 0.750 bits per heavy atom. The summed E-state index contributed by atoms with van der Waals surface area (Å²) in [4.78, 5) is 16.6. The molecular weight excluding hydrogens is 369 g/mol. The van der Waals surface area contributed by atoms with Crippen LogP contribution in [0.1, 0.15) is 0 Å². The minimum absolute atomic E-state index is 0. The molecule has 0 aromatic rings. The predicted molar refractivity (Wildman–Crippen MR) is 83.5 cm³/mol. The second kappa shape index (κ2) is 24.0. The molecule has 0 unspecified atom stereocenters. The molecule has 1 radical (unpaired) electrons. The van der Waals surface area contributed by atoms with Crippen molar-refractivity contribution in [3.05, 3.63) is 25.4 Å². The van der Waals surface area contributed by atoms with Crippen LogP contribution >= 0.6 is 0 Å². The van der Waals surface area contributed by atoms with Gasteiger partial charge in [0, 0.05) is 82.5 Å². The van der Waals surface area contributed by atoms with Crippen LogP contribution in [-0.2, 0) is 17.1 Å². The van der Waals surface area contributed by atoms with Crippen LogP contribution in [-0.4, -0.2) is 80.8 Å². The van der Waals surface area contributed by atoms with Gasteiger partial charge in [0.15, 0.2) is 0 Å². The van der Waals surface area contributed by atoms with Crippen LogP contribution in [0.25, 0.3) is 0 Å². The van der Waals surface area contributed by atoms with E-state index in [0.29, 0.717) is 0 Å². The average molecular weight is 395 g/mol. The van der Waals surface area contributed by atoms with Crippen LogP contribution in [0.2, 0.25) is 0 Å². The van der Waals surface area contributed by atoms with Crippen molar-refractivity contribution in [2.75, 3.05) is 65.4 Å². The van der Waals surface area contributed by atoms with Crippen molar-refractivity contribution in [2.24, 2.45) is 0 Å². The summed E-state index contributed by atoms with van der Waals surface area (Å²) < 4.78 is 0. The van der Waals surface area contributed by atoms with Crippen LogP contribution in [0.5, 0.6) is 0 Å². The topological polar surface area (TPSA) is 190 Å². The fourth-order valence-corrected chi connectivity index (χ4v) is 1.51. The Morgan fingerprint density at radius 1 is 0.583 bits per heavy atom. The molecule has 1 aliphatic rings. The standard InChI is InChI=1S/C10H25N5.Mn.HNO3.NO3/c1-2-12-5-6-14-9-10-15-8-7-13-4-3-11-1;;2*2-1(3)4/h11-15H,1-10H2;;(H,2,3,4);/q;;;-1. The van der Waals surface area contributed by atoms with E-state index < -0.39 is 10.2 Å². The summed E-state index contributed by atoms with van der Waals surface area (Å²) in [5, 5.41) is 45.3. The summed E-state index contributed by atoms with van der Waals surface area (Å²) in [5.74, 6) is 0. The van der Waals surface area contributed by atoms with Crippen molar-refractivity contribution < 1.29 is 32.4 Å². The van der Waals surface area contributed by atoms with Gasteiger partial charge in [-0.15, -0.1) is 10.1 Å². The average Bonchev–Trinajstić information content (AvgIpc) is 2.44. The van der Waals surface area contributed by atoms with Gasteiger partial charge in [0.25, 0.3) is 5.09 Å². The first kappa shape index (κ1) is 27.6. The molecule has 0 atom stereocenters. The molecule has 0 bridgehead atoms. The zero-order chi connectivity index (χ0) is 17.8. The number of nitrogens with zero attached hydrogens (tertiary/aromatic N) is 2. The van der Waals surface area contributed by atoms with Gasteiger partial charge in [0.1, 0.15) is 0 Å². The first-order valence-electron chi connectivity index (χ1n) is 7.15. The van der Waals surface area contributed by atoms with Gasteiger partial charge in [-0.1, -0.05) is 0 Å². The Hall–Kier alpha value is -1.28. The Balaban J connectivity index is -0.000000413. The fraction of sp³-hybridized carbons (Fsp3) is 1.00. The van der Waals surface area contributed by atoms with E-state index in [-0.39, 0.29) is 17.1 Å². The van der Waals surface area contributed by atoms with Crippen LogP contribution in [0, 0.1) is 25.4 Å². The molecule has 145 valence electrons. The molecule has 0 aromatic heterocycles. The van der Waals surface area contributed by atoms with Crippen molar-refractivity contribution in [1.29, 1.82) is 0 Å². The molecule has 0 aliphatic carbocycles. The Labute approximate surface area is 150 Å². The molecule has 0 aromatic carbocycles. The predicted octanol–water partition coefficient (Wildman–Crippen LogP) is -2.64. The van der Waals surface area contributed by atoms with E-state index in [2.05, 4.69) is 26.6 Å². The molecule has 0 amide bonds. The largest absolute Gasteiger partial charge is 0.356 e. The molecule has 13 nitrogen and oxygen atoms in total. The Kier molecular flexibility index (Phi) is 27.5. The SMILES string of the molecule is C1CNCCNCCNCCNCCN1.O=[N+]([O-])O.O=[N+]([O-])[O-].[Mn]. The van der Waals surface area contributed by atoms with E-state index in [1.165, 1.54) is 0 Å². The van der Waals surface area contributed by atoms with Gasteiger partial charge < -0.3 is 47.1 Å². The third-order valence-corrected chi connectivity index (χ3v) is 2.39. The zero-order valence-corrected chi connectivity index (χ0v) is 14.5. The fourth-order valence-electron chi connectivity index (χ4n) is 1.51. The van der Waals surface area contributed by atoms with E-state index >= 15 is 0 Å². The second-order valence-corrected chi connectivity index (χ2v) is 4.21. The van der Waals surface area contributed by atoms with E-state index in [9.17, 15) is 0 Å². The second-order valence-electron chi connectivity index (χ2n) is 4.21. The molecule has 0 saturated carbocycles. The van der Waals surface area contributed by atoms with E-state index in [4.69, 9.17) is 30.6 Å². The van der Waals surface area contributed by atoms with Crippen LogP contribution in [0.3, 0.4) is 0 Å². The molecule has 1 rings (SSSR count). The molecule has 1 aliphatic heterocycles. The van der Waals surface area contributed by atoms with Gasteiger partial charge in [0.2, 0.25) is 0 Å². The first-order valence-corrected chi connectivity index (χ1v) is 7.15. The number of nitrogens with one attached hydrogen (secondary N) is 5. The van der Waals surface area contributed by atoms with Gasteiger partial charge in [-0.2, -0.15) is 0 Å². The number of rotatable bonds is 0. The Morgan fingerprint density at radius 2 is 0.667 bits per heavy atom. The summed E-state index contributed by atoms with van der Waals surface area (Å²) >= 11 is 0. The van der Waals surface area contributed by atoms with Crippen molar-refractivity contribution in [3.63, 3.8) is 0 Å². The van der Waals surface area contributed by atoms with Crippen molar-refractivity contribution in [3.8, 4) is 0 Å². The summed E-state index contributed by atoms with van der Waals surface area (Å²) in [6.45, 7) is 10.6.